The van der Waals surface area contributed by atoms with Gasteiger partial charge in [0, 0.05) is 12.1 Å². The van der Waals surface area contributed by atoms with Gasteiger partial charge in [0.05, 0.1) is 0 Å². The first-order chi connectivity index (χ1) is 8.86. The summed E-state index contributed by atoms with van der Waals surface area (Å²) in [6.07, 6.45) is 1.77. The highest BCUT2D eigenvalue weighted by atomic mass is 16.5. The van der Waals surface area contributed by atoms with Crippen LogP contribution >= 0.6 is 0 Å². The van der Waals surface area contributed by atoms with Gasteiger partial charge in [-0.3, -0.25) is 0 Å². The molecule has 0 heterocycles. The van der Waals surface area contributed by atoms with Gasteiger partial charge in [0.15, 0.2) is 0 Å². The molecule has 2 aromatic rings. The maximum absolute atomic E-state index is 5.73. The fourth-order valence-electron chi connectivity index (χ4n) is 2.03. The molecule has 0 fully saturated rings. The van der Waals surface area contributed by atoms with E-state index in [1.807, 2.05) is 6.07 Å². The van der Waals surface area contributed by atoms with Gasteiger partial charge in [0.25, 0.3) is 0 Å². The van der Waals surface area contributed by atoms with E-state index < -0.39 is 0 Å². The lowest BCUT2D eigenvalue weighted by Crippen LogP contribution is -2.13. The average molecular weight is 241 g/mol. The van der Waals surface area contributed by atoms with Gasteiger partial charge in [0.2, 0.25) is 0 Å². The zero-order valence-electron chi connectivity index (χ0n) is 10.8. The van der Waals surface area contributed by atoms with Crippen LogP contribution in [-0.4, -0.2) is 13.2 Å². The van der Waals surface area contributed by atoms with Crippen molar-refractivity contribution in [1.29, 1.82) is 0 Å². The summed E-state index contributed by atoms with van der Waals surface area (Å²) >= 11 is 0. The highest BCUT2D eigenvalue weighted by Gasteiger charge is 2.07. The molecule has 18 heavy (non-hydrogen) atoms. The maximum atomic E-state index is 5.73. The van der Waals surface area contributed by atoms with Crippen molar-refractivity contribution in [3.8, 4) is 5.75 Å². The summed E-state index contributed by atoms with van der Waals surface area (Å²) in [5.74, 6) is 0.939. The summed E-state index contributed by atoms with van der Waals surface area (Å²) in [6, 6.07) is 12.5. The van der Waals surface area contributed by atoms with Crippen LogP contribution in [0.1, 0.15) is 12.5 Å². The Labute approximate surface area is 108 Å². The second-order valence-electron chi connectivity index (χ2n) is 4.14. The van der Waals surface area contributed by atoms with Crippen molar-refractivity contribution in [3.05, 3.63) is 54.6 Å². The minimum Gasteiger partial charge on any atom is -0.489 e. The van der Waals surface area contributed by atoms with Crippen molar-refractivity contribution in [2.45, 2.75) is 13.5 Å². The number of hydrogen-bond acceptors (Lipinski definition) is 2. The van der Waals surface area contributed by atoms with E-state index in [1.165, 1.54) is 16.3 Å². The quantitative estimate of drug-likeness (QED) is 0.781. The van der Waals surface area contributed by atoms with Crippen LogP contribution < -0.4 is 10.1 Å². The van der Waals surface area contributed by atoms with E-state index in [0.29, 0.717) is 6.61 Å². The van der Waals surface area contributed by atoms with E-state index in [2.05, 4.69) is 49.2 Å². The Balaban J connectivity index is 2.44. The zero-order chi connectivity index (χ0) is 12.8. The predicted molar refractivity (Wildman–Crippen MR) is 77.0 cm³/mol. The van der Waals surface area contributed by atoms with Crippen molar-refractivity contribution >= 4 is 10.8 Å². The van der Waals surface area contributed by atoms with E-state index in [4.69, 9.17) is 4.74 Å². The number of nitrogens with one attached hydrogen (secondary N) is 1. The molecular weight excluding hydrogens is 222 g/mol. The maximum Gasteiger partial charge on any atom is 0.124 e. The average Bonchev–Trinajstić information content (AvgIpc) is 2.43. The van der Waals surface area contributed by atoms with Gasteiger partial charge in [-0.15, -0.1) is 0 Å². The molecule has 0 saturated heterocycles. The van der Waals surface area contributed by atoms with Crippen molar-refractivity contribution in [2.75, 3.05) is 13.2 Å². The van der Waals surface area contributed by atoms with Crippen molar-refractivity contribution in [3.63, 3.8) is 0 Å². The summed E-state index contributed by atoms with van der Waals surface area (Å²) in [6.45, 7) is 8.11. The molecule has 0 aliphatic rings. The van der Waals surface area contributed by atoms with Gasteiger partial charge < -0.3 is 10.1 Å². The standard InChI is InChI=1S/C16H19NO/c1-3-11-18-16-10-9-13-7-5-6-8-14(13)15(16)12-17-4-2/h3,5-10,17H,1,4,11-12H2,2H3. The topological polar surface area (TPSA) is 21.3 Å². The second kappa shape index (κ2) is 6.22. The monoisotopic (exact) mass is 241 g/mol. The Hall–Kier alpha value is -1.80. The molecule has 0 aliphatic carbocycles. The predicted octanol–water partition coefficient (Wildman–Crippen LogP) is 3.51. The molecule has 2 rings (SSSR count). The van der Waals surface area contributed by atoms with Crippen molar-refractivity contribution in [1.82, 2.24) is 5.32 Å². The number of hydrogen-bond donors (Lipinski definition) is 1. The fourth-order valence-corrected chi connectivity index (χ4v) is 2.03. The van der Waals surface area contributed by atoms with Gasteiger partial charge in [-0.05, 0) is 23.4 Å². The third-order valence-corrected chi connectivity index (χ3v) is 2.91. The molecule has 0 radical (unpaired) electrons. The normalized spacial score (nSPS) is 10.5. The molecule has 0 bridgehead atoms. The van der Waals surface area contributed by atoms with Crippen LogP contribution in [0, 0.1) is 0 Å². The number of ether oxygens (including phenoxy) is 1. The van der Waals surface area contributed by atoms with Crippen LogP contribution in [-0.2, 0) is 6.54 Å². The van der Waals surface area contributed by atoms with Gasteiger partial charge in [-0.1, -0.05) is 49.9 Å². The van der Waals surface area contributed by atoms with Crippen LogP contribution in [0.15, 0.2) is 49.1 Å². The third-order valence-electron chi connectivity index (χ3n) is 2.91. The first-order valence-electron chi connectivity index (χ1n) is 6.32. The van der Waals surface area contributed by atoms with Crippen LogP contribution in [0.4, 0.5) is 0 Å². The molecule has 0 amide bonds. The molecule has 2 aromatic carbocycles. The molecule has 0 unspecified atom stereocenters. The Morgan fingerprint density at radius 3 is 2.83 bits per heavy atom. The third kappa shape index (κ3) is 2.71. The minimum absolute atomic E-state index is 0.539. The van der Waals surface area contributed by atoms with Crippen LogP contribution in [0.5, 0.6) is 5.75 Å². The van der Waals surface area contributed by atoms with E-state index in [9.17, 15) is 0 Å². The van der Waals surface area contributed by atoms with Crippen molar-refractivity contribution in [2.24, 2.45) is 0 Å². The Morgan fingerprint density at radius 2 is 2.06 bits per heavy atom. The molecule has 1 N–H and O–H groups in total. The summed E-state index contributed by atoms with van der Waals surface area (Å²) in [4.78, 5) is 0. The largest absolute Gasteiger partial charge is 0.489 e. The van der Waals surface area contributed by atoms with Gasteiger partial charge in [-0.25, -0.2) is 0 Å². The lowest BCUT2D eigenvalue weighted by atomic mass is 10.0. The highest BCUT2D eigenvalue weighted by Crippen LogP contribution is 2.28. The summed E-state index contributed by atoms with van der Waals surface area (Å²) < 4.78 is 5.73. The molecule has 0 aliphatic heterocycles. The summed E-state index contributed by atoms with van der Waals surface area (Å²) in [5.41, 5.74) is 1.22. The zero-order valence-corrected chi connectivity index (χ0v) is 10.8. The van der Waals surface area contributed by atoms with E-state index in [1.54, 1.807) is 6.08 Å². The Kier molecular flexibility index (Phi) is 4.37. The Bertz CT molecular complexity index is 534. The molecule has 2 heteroatoms. The molecule has 0 saturated carbocycles. The minimum atomic E-state index is 0.539. The molecule has 0 aromatic heterocycles. The summed E-state index contributed by atoms with van der Waals surface area (Å²) in [5, 5.41) is 5.86. The fraction of sp³-hybridized carbons (Fsp3) is 0.250. The van der Waals surface area contributed by atoms with E-state index in [0.717, 1.165) is 18.8 Å². The number of benzene rings is 2. The highest BCUT2D eigenvalue weighted by molar-refractivity contribution is 5.87. The van der Waals surface area contributed by atoms with E-state index >= 15 is 0 Å². The lowest BCUT2D eigenvalue weighted by Gasteiger charge is -2.13. The SMILES string of the molecule is C=CCOc1ccc2ccccc2c1CNCC. The van der Waals surface area contributed by atoms with E-state index in [-0.39, 0.29) is 0 Å². The van der Waals surface area contributed by atoms with Crippen molar-refractivity contribution < 1.29 is 4.74 Å². The first kappa shape index (κ1) is 12.7. The number of fused-ring (bicyclic) bond motifs is 1. The first-order valence-corrected chi connectivity index (χ1v) is 6.32. The lowest BCUT2D eigenvalue weighted by molar-refractivity contribution is 0.359. The molecule has 0 spiro atoms. The van der Waals surface area contributed by atoms with Crippen LogP contribution in [0.25, 0.3) is 10.8 Å². The number of rotatable bonds is 6. The van der Waals surface area contributed by atoms with Crippen LogP contribution in [0.3, 0.4) is 0 Å². The molecule has 2 nitrogen and oxygen atoms in total. The Morgan fingerprint density at radius 1 is 1.22 bits per heavy atom. The van der Waals surface area contributed by atoms with Crippen LogP contribution in [0.2, 0.25) is 0 Å². The smallest absolute Gasteiger partial charge is 0.124 e. The molecule has 94 valence electrons. The molecule has 0 atom stereocenters. The van der Waals surface area contributed by atoms with Gasteiger partial charge in [-0.2, -0.15) is 0 Å². The summed E-state index contributed by atoms with van der Waals surface area (Å²) in [7, 11) is 0. The van der Waals surface area contributed by atoms with Gasteiger partial charge >= 0.3 is 0 Å². The van der Waals surface area contributed by atoms with Gasteiger partial charge in [0.1, 0.15) is 12.4 Å². The molecular formula is C16H19NO. The second-order valence-corrected chi connectivity index (χ2v) is 4.14.